The van der Waals surface area contributed by atoms with Gasteiger partial charge in [0, 0.05) is 16.9 Å². The van der Waals surface area contributed by atoms with E-state index in [0.29, 0.717) is 17.1 Å². The average molecular weight is 312 g/mol. The lowest BCUT2D eigenvalue weighted by Gasteiger charge is -2.22. The predicted molar refractivity (Wildman–Crippen MR) is 90.3 cm³/mol. The van der Waals surface area contributed by atoms with Crippen molar-refractivity contribution in [2.24, 2.45) is 0 Å². The molecule has 5 nitrogen and oxygen atoms in total. The third-order valence-corrected chi connectivity index (χ3v) is 3.28. The molecule has 0 fully saturated rings. The fraction of sp³-hybridized carbons (Fsp3) is 0.278. The molecule has 0 radical (unpaired) electrons. The molecule has 0 bridgehead atoms. The van der Waals surface area contributed by atoms with Gasteiger partial charge in [0.1, 0.15) is 0 Å². The molecule has 2 N–H and O–H groups in total. The summed E-state index contributed by atoms with van der Waals surface area (Å²) in [7, 11) is 0. The zero-order valence-corrected chi connectivity index (χ0v) is 13.5. The van der Waals surface area contributed by atoms with E-state index < -0.39 is 0 Å². The third-order valence-electron chi connectivity index (χ3n) is 3.28. The lowest BCUT2D eigenvalue weighted by atomic mass is 10.1. The second-order valence-electron chi connectivity index (χ2n) is 6.45. The Morgan fingerprint density at radius 3 is 2.57 bits per heavy atom. The van der Waals surface area contributed by atoms with Crippen LogP contribution in [-0.2, 0) is 0 Å². The smallest absolute Gasteiger partial charge is 0.259 e. The number of ether oxygens (including phenoxy) is 2. The molecule has 0 spiro atoms. The van der Waals surface area contributed by atoms with Crippen molar-refractivity contribution in [1.29, 1.82) is 0 Å². The monoisotopic (exact) mass is 312 g/mol. The molecular weight excluding hydrogens is 292 g/mol. The first-order valence-corrected chi connectivity index (χ1v) is 7.51. The summed E-state index contributed by atoms with van der Waals surface area (Å²) in [5.74, 6) is 0.870. The Balaban J connectivity index is 1.79. The SMILES string of the molecule is CC(C)(C)Nc1cccc(NC(=O)c2cccc3c2OCO3)c1. The van der Waals surface area contributed by atoms with Crippen LogP contribution in [0.2, 0.25) is 0 Å². The Morgan fingerprint density at radius 1 is 1.04 bits per heavy atom. The first-order chi connectivity index (χ1) is 10.9. The first-order valence-electron chi connectivity index (χ1n) is 7.51. The van der Waals surface area contributed by atoms with E-state index in [0.717, 1.165) is 11.4 Å². The molecule has 0 aliphatic carbocycles. The summed E-state index contributed by atoms with van der Waals surface area (Å²) in [4.78, 5) is 12.5. The minimum absolute atomic E-state index is 0.0476. The van der Waals surface area contributed by atoms with Crippen molar-refractivity contribution in [3.05, 3.63) is 48.0 Å². The predicted octanol–water partition coefficient (Wildman–Crippen LogP) is 3.88. The number of nitrogens with one attached hydrogen (secondary N) is 2. The molecule has 2 aromatic carbocycles. The topological polar surface area (TPSA) is 59.6 Å². The van der Waals surface area contributed by atoms with Gasteiger partial charge in [0.25, 0.3) is 5.91 Å². The summed E-state index contributed by atoms with van der Waals surface area (Å²) >= 11 is 0. The summed E-state index contributed by atoms with van der Waals surface area (Å²) in [6.07, 6.45) is 0. The van der Waals surface area contributed by atoms with Crippen molar-refractivity contribution >= 4 is 17.3 Å². The van der Waals surface area contributed by atoms with Crippen molar-refractivity contribution in [2.45, 2.75) is 26.3 Å². The molecule has 1 amide bonds. The first kappa shape index (κ1) is 15.2. The molecule has 0 unspecified atom stereocenters. The van der Waals surface area contributed by atoms with Gasteiger partial charge in [-0.15, -0.1) is 0 Å². The summed E-state index contributed by atoms with van der Waals surface area (Å²) in [5, 5.41) is 6.28. The Morgan fingerprint density at radius 2 is 1.78 bits per heavy atom. The Labute approximate surface area is 135 Å². The Hall–Kier alpha value is -2.69. The number of amides is 1. The second kappa shape index (κ2) is 5.83. The van der Waals surface area contributed by atoms with Gasteiger partial charge in [-0.25, -0.2) is 0 Å². The number of benzene rings is 2. The molecule has 0 saturated heterocycles. The van der Waals surface area contributed by atoms with Gasteiger partial charge in [0.2, 0.25) is 6.79 Å². The Bertz CT molecular complexity index is 735. The normalized spacial score (nSPS) is 12.8. The maximum atomic E-state index is 12.5. The van der Waals surface area contributed by atoms with E-state index in [-0.39, 0.29) is 18.2 Å². The van der Waals surface area contributed by atoms with Crippen molar-refractivity contribution in [1.82, 2.24) is 0 Å². The maximum Gasteiger partial charge on any atom is 0.259 e. The molecule has 23 heavy (non-hydrogen) atoms. The van der Waals surface area contributed by atoms with E-state index in [4.69, 9.17) is 9.47 Å². The number of carbonyl (C=O) groups excluding carboxylic acids is 1. The standard InChI is InChI=1S/C18H20N2O3/c1-18(2,3)20-13-7-4-6-12(10-13)19-17(21)14-8-5-9-15-16(14)23-11-22-15/h4-10,20H,11H2,1-3H3,(H,19,21). The summed E-state index contributed by atoms with van der Waals surface area (Å²) in [6.45, 7) is 6.40. The number of hydrogen-bond donors (Lipinski definition) is 2. The second-order valence-corrected chi connectivity index (χ2v) is 6.45. The molecule has 1 aliphatic rings. The highest BCUT2D eigenvalue weighted by Crippen LogP contribution is 2.35. The Kier molecular flexibility index (Phi) is 3.86. The van der Waals surface area contributed by atoms with Crippen LogP contribution in [0.1, 0.15) is 31.1 Å². The van der Waals surface area contributed by atoms with Crippen molar-refractivity contribution in [2.75, 3.05) is 17.4 Å². The van der Waals surface area contributed by atoms with Crippen LogP contribution >= 0.6 is 0 Å². The van der Waals surface area contributed by atoms with Gasteiger partial charge in [-0.3, -0.25) is 4.79 Å². The summed E-state index contributed by atoms with van der Waals surface area (Å²) in [6, 6.07) is 12.9. The summed E-state index contributed by atoms with van der Waals surface area (Å²) < 4.78 is 10.7. The van der Waals surface area contributed by atoms with Crippen LogP contribution in [0.3, 0.4) is 0 Å². The van der Waals surface area contributed by atoms with Crippen molar-refractivity contribution in [3.63, 3.8) is 0 Å². The molecule has 1 heterocycles. The van der Waals surface area contributed by atoms with Crippen LogP contribution in [0.25, 0.3) is 0 Å². The molecule has 1 aliphatic heterocycles. The fourth-order valence-corrected chi connectivity index (χ4v) is 2.42. The van der Waals surface area contributed by atoms with Gasteiger partial charge in [0.15, 0.2) is 11.5 Å². The number of hydrogen-bond acceptors (Lipinski definition) is 4. The highest BCUT2D eigenvalue weighted by atomic mass is 16.7. The molecule has 0 atom stereocenters. The highest BCUT2D eigenvalue weighted by molar-refractivity contribution is 6.07. The van der Waals surface area contributed by atoms with Crippen LogP contribution in [-0.4, -0.2) is 18.2 Å². The van der Waals surface area contributed by atoms with E-state index >= 15 is 0 Å². The van der Waals surface area contributed by atoms with Crippen LogP contribution < -0.4 is 20.1 Å². The fourth-order valence-electron chi connectivity index (χ4n) is 2.42. The van der Waals surface area contributed by atoms with E-state index in [1.807, 2.05) is 24.3 Å². The minimum Gasteiger partial charge on any atom is -0.454 e. The third kappa shape index (κ3) is 3.56. The molecule has 120 valence electrons. The van der Waals surface area contributed by atoms with Gasteiger partial charge < -0.3 is 20.1 Å². The van der Waals surface area contributed by atoms with Crippen LogP contribution in [0.5, 0.6) is 11.5 Å². The zero-order chi connectivity index (χ0) is 16.4. The number of anilines is 2. The zero-order valence-electron chi connectivity index (χ0n) is 13.5. The van der Waals surface area contributed by atoms with Gasteiger partial charge in [0.05, 0.1) is 5.56 Å². The molecule has 2 aromatic rings. The largest absolute Gasteiger partial charge is 0.454 e. The maximum absolute atomic E-state index is 12.5. The lowest BCUT2D eigenvalue weighted by Crippen LogP contribution is -2.26. The van der Waals surface area contributed by atoms with Crippen LogP contribution in [0.4, 0.5) is 11.4 Å². The average Bonchev–Trinajstić information content (AvgIpc) is 2.93. The summed E-state index contributed by atoms with van der Waals surface area (Å²) in [5.41, 5.74) is 2.09. The quantitative estimate of drug-likeness (QED) is 0.903. The van der Waals surface area contributed by atoms with Crippen molar-refractivity contribution in [3.8, 4) is 11.5 Å². The molecular formula is C18H20N2O3. The van der Waals surface area contributed by atoms with E-state index in [1.165, 1.54) is 0 Å². The number of para-hydroxylation sites is 1. The van der Waals surface area contributed by atoms with Crippen LogP contribution in [0.15, 0.2) is 42.5 Å². The van der Waals surface area contributed by atoms with Crippen LogP contribution in [0, 0.1) is 0 Å². The van der Waals surface area contributed by atoms with Gasteiger partial charge in [-0.2, -0.15) is 0 Å². The minimum atomic E-state index is -0.222. The molecule has 0 aromatic heterocycles. The number of rotatable bonds is 3. The lowest BCUT2D eigenvalue weighted by molar-refractivity contribution is 0.102. The van der Waals surface area contributed by atoms with E-state index in [9.17, 15) is 4.79 Å². The molecule has 5 heteroatoms. The number of carbonyl (C=O) groups is 1. The van der Waals surface area contributed by atoms with Crippen molar-refractivity contribution < 1.29 is 14.3 Å². The highest BCUT2D eigenvalue weighted by Gasteiger charge is 2.21. The molecule has 0 saturated carbocycles. The van der Waals surface area contributed by atoms with Gasteiger partial charge in [-0.1, -0.05) is 12.1 Å². The van der Waals surface area contributed by atoms with Gasteiger partial charge >= 0.3 is 0 Å². The van der Waals surface area contributed by atoms with E-state index in [2.05, 4.69) is 31.4 Å². The number of fused-ring (bicyclic) bond motifs is 1. The van der Waals surface area contributed by atoms with E-state index in [1.54, 1.807) is 18.2 Å². The van der Waals surface area contributed by atoms with Gasteiger partial charge in [-0.05, 0) is 51.1 Å². The molecule has 3 rings (SSSR count).